The molecule has 0 bridgehead atoms. The Balaban J connectivity index is 1.52. The molecule has 1 aliphatic carbocycles. The number of nitrogens with zero attached hydrogens (tertiary/aromatic N) is 4. The first-order chi connectivity index (χ1) is 12.5. The first kappa shape index (κ1) is 16.3. The third kappa shape index (κ3) is 2.83. The van der Waals surface area contributed by atoms with Gasteiger partial charge in [-0.15, -0.1) is 5.10 Å². The Kier molecular flexibility index (Phi) is 3.95. The number of hydrogen-bond acceptors (Lipinski definition) is 5. The van der Waals surface area contributed by atoms with E-state index in [4.69, 9.17) is 5.73 Å². The van der Waals surface area contributed by atoms with Crippen LogP contribution in [0.1, 0.15) is 29.8 Å². The predicted octanol–water partition coefficient (Wildman–Crippen LogP) is 2.20. The number of aryl methyl sites for hydroxylation is 1. The van der Waals surface area contributed by atoms with Crippen molar-refractivity contribution in [1.29, 1.82) is 0 Å². The highest BCUT2D eigenvalue weighted by molar-refractivity contribution is 5.99. The summed E-state index contributed by atoms with van der Waals surface area (Å²) >= 11 is 0. The maximum Gasteiger partial charge on any atom is 0.253 e. The van der Waals surface area contributed by atoms with Gasteiger partial charge in [-0.1, -0.05) is 23.8 Å². The molecular formula is C18H20N6O2. The van der Waals surface area contributed by atoms with Crippen molar-refractivity contribution in [3.05, 3.63) is 36.2 Å². The lowest BCUT2D eigenvalue weighted by Gasteiger charge is -2.23. The zero-order valence-electron chi connectivity index (χ0n) is 14.5. The fourth-order valence-electron chi connectivity index (χ4n) is 3.28. The summed E-state index contributed by atoms with van der Waals surface area (Å²) in [6, 6.07) is 7.48. The molecule has 4 rings (SSSR count). The van der Waals surface area contributed by atoms with E-state index in [1.165, 1.54) is 4.68 Å². The topological polar surface area (TPSA) is 108 Å². The number of aromatic nitrogens is 4. The monoisotopic (exact) mass is 352 g/mol. The maximum atomic E-state index is 12.8. The van der Waals surface area contributed by atoms with Crippen molar-refractivity contribution in [3.8, 4) is 0 Å². The molecule has 8 heteroatoms. The molecule has 0 unspecified atom stereocenters. The van der Waals surface area contributed by atoms with Crippen LogP contribution in [0.15, 0.2) is 30.5 Å². The molecular weight excluding hydrogens is 332 g/mol. The molecule has 1 saturated carbocycles. The van der Waals surface area contributed by atoms with Gasteiger partial charge in [-0.2, -0.15) is 0 Å². The average molecular weight is 352 g/mol. The Labute approximate surface area is 150 Å². The van der Waals surface area contributed by atoms with Crippen LogP contribution in [0.25, 0.3) is 10.9 Å². The van der Waals surface area contributed by atoms with Crippen LogP contribution in [0.5, 0.6) is 0 Å². The van der Waals surface area contributed by atoms with Crippen molar-refractivity contribution in [2.24, 2.45) is 5.92 Å². The number of carbonyl (C=O) groups excluding carboxylic acids is 2. The molecule has 0 spiro atoms. The van der Waals surface area contributed by atoms with Gasteiger partial charge in [-0.25, -0.2) is 4.68 Å². The van der Waals surface area contributed by atoms with Crippen LogP contribution in [0.2, 0.25) is 0 Å². The molecule has 1 amide bonds. The van der Waals surface area contributed by atoms with E-state index in [1.807, 2.05) is 25.1 Å². The summed E-state index contributed by atoms with van der Waals surface area (Å²) in [6.45, 7) is 1.87. The predicted molar refractivity (Wildman–Crippen MR) is 97.7 cm³/mol. The van der Waals surface area contributed by atoms with Gasteiger partial charge in [0.2, 0.25) is 5.91 Å². The third-order valence-electron chi connectivity index (χ3n) is 4.85. The number of para-hydroxylation sites is 1. The molecule has 1 aromatic carbocycles. The Morgan fingerprint density at radius 2 is 2.15 bits per heavy atom. The summed E-state index contributed by atoms with van der Waals surface area (Å²) in [5.41, 5.74) is 8.11. The lowest BCUT2D eigenvalue weighted by atomic mass is 9.85. The second-order valence-corrected chi connectivity index (χ2v) is 6.72. The molecule has 1 aliphatic rings. The van der Waals surface area contributed by atoms with E-state index >= 15 is 0 Å². The second kappa shape index (κ2) is 6.29. The number of nitrogens with one attached hydrogen (secondary N) is 1. The standard InChI is InChI=1S/C18H20N6O2/c1-11-8-13-6-3-7-14(19)17(13)24(11)16(25)10-23-9-15(21-22-23)20-18(26)12-4-2-5-12/h3,6-9,12H,2,4-5,10,19H2,1H3,(H,20,26). The quantitative estimate of drug-likeness (QED) is 0.700. The van der Waals surface area contributed by atoms with E-state index in [1.54, 1.807) is 16.8 Å². The van der Waals surface area contributed by atoms with Crippen molar-refractivity contribution in [1.82, 2.24) is 19.6 Å². The number of fused-ring (bicyclic) bond motifs is 1. The minimum Gasteiger partial charge on any atom is -0.397 e. The third-order valence-corrected chi connectivity index (χ3v) is 4.85. The molecule has 0 atom stereocenters. The highest BCUT2D eigenvalue weighted by Crippen LogP contribution is 2.27. The molecule has 2 aromatic heterocycles. The Morgan fingerprint density at radius 1 is 1.35 bits per heavy atom. The highest BCUT2D eigenvalue weighted by atomic mass is 16.2. The summed E-state index contributed by atoms with van der Waals surface area (Å²) in [5, 5.41) is 11.5. The largest absolute Gasteiger partial charge is 0.397 e. The summed E-state index contributed by atoms with van der Waals surface area (Å²) < 4.78 is 3.02. The molecule has 0 aliphatic heterocycles. The van der Waals surface area contributed by atoms with E-state index < -0.39 is 0 Å². The molecule has 0 saturated heterocycles. The number of carbonyl (C=O) groups is 2. The molecule has 26 heavy (non-hydrogen) atoms. The van der Waals surface area contributed by atoms with Gasteiger partial charge in [0.1, 0.15) is 6.54 Å². The average Bonchev–Trinajstić information content (AvgIpc) is 3.09. The number of anilines is 2. The molecule has 1 fully saturated rings. The van der Waals surface area contributed by atoms with Gasteiger partial charge >= 0.3 is 0 Å². The lowest BCUT2D eigenvalue weighted by Crippen LogP contribution is -2.28. The van der Waals surface area contributed by atoms with Gasteiger partial charge in [0, 0.05) is 17.0 Å². The molecule has 0 radical (unpaired) electrons. The van der Waals surface area contributed by atoms with Crippen molar-refractivity contribution in [3.63, 3.8) is 0 Å². The van der Waals surface area contributed by atoms with E-state index in [0.717, 1.165) is 30.3 Å². The minimum absolute atomic E-state index is 0.00521. The first-order valence-electron chi connectivity index (χ1n) is 8.63. The number of hydrogen-bond donors (Lipinski definition) is 2. The van der Waals surface area contributed by atoms with Gasteiger partial charge in [-0.3, -0.25) is 14.2 Å². The van der Waals surface area contributed by atoms with Gasteiger partial charge in [0.15, 0.2) is 5.82 Å². The normalized spacial score (nSPS) is 14.3. The maximum absolute atomic E-state index is 12.8. The number of amides is 1. The van der Waals surface area contributed by atoms with Crippen LogP contribution in [-0.2, 0) is 11.3 Å². The molecule has 134 valence electrons. The van der Waals surface area contributed by atoms with Crippen molar-refractivity contribution in [2.45, 2.75) is 32.7 Å². The zero-order valence-corrected chi connectivity index (χ0v) is 14.5. The fraction of sp³-hybridized carbons (Fsp3) is 0.333. The smallest absolute Gasteiger partial charge is 0.253 e. The first-order valence-corrected chi connectivity index (χ1v) is 8.63. The van der Waals surface area contributed by atoms with Crippen molar-refractivity contribution < 1.29 is 9.59 Å². The summed E-state index contributed by atoms with van der Waals surface area (Å²) in [5.74, 6) is 0.230. The zero-order chi connectivity index (χ0) is 18.3. The van der Waals surface area contributed by atoms with E-state index in [9.17, 15) is 9.59 Å². The molecule has 8 nitrogen and oxygen atoms in total. The van der Waals surface area contributed by atoms with Crippen LogP contribution < -0.4 is 11.1 Å². The van der Waals surface area contributed by atoms with E-state index in [0.29, 0.717) is 17.0 Å². The van der Waals surface area contributed by atoms with Crippen LogP contribution in [0, 0.1) is 12.8 Å². The van der Waals surface area contributed by atoms with Crippen LogP contribution in [0.4, 0.5) is 11.5 Å². The SMILES string of the molecule is Cc1cc2cccc(N)c2n1C(=O)Cn1cc(NC(=O)C2CCC2)nn1. The summed E-state index contributed by atoms with van der Waals surface area (Å²) in [7, 11) is 0. The Bertz CT molecular complexity index is 998. The summed E-state index contributed by atoms with van der Waals surface area (Å²) in [4.78, 5) is 24.8. The van der Waals surface area contributed by atoms with Crippen LogP contribution in [-0.4, -0.2) is 31.4 Å². The van der Waals surface area contributed by atoms with E-state index in [-0.39, 0.29) is 24.3 Å². The number of rotatable bonds is 4. The fourth-order valence-corrected chi connectivity index (χ4v) is 3.28. The van der Waals surface area contributed by atoms with Gasteiger partial charge in [0.05, 0.1) is 17.4 Å². The minimum atomic E-state index is -0.169. The van der Waals surface area contributed by atoms with Crippen LogP contribution >= 0.6 is 0 Å². The summed E-state index contributed by atoms with van der Waals surface area (Å²) in [6.07, 6.45) is 4.49. The van der Waals surface area contributed by atoms with Gasteiger partial charge in [-0.05, 0) is 31.9 Å². The Morgan fingerprint density at radius 3 is 2.88 bits per heavy atom. The number of nitrogen functional groups attached to an aromatic ring is 1. The van der Waals surface area contributed by atoms with Crippen molar-refractivity contribution >= 4 is 34.2 Å². The van der Waals surface area contributed by atoms with Gasteiger partial charge in [0.25, 0.3) is 5.91 Å². The van der Waals surface area contributed by atoms with Crippen LogP contribution in [0.3, 0.4) is 0 Å². The van der Waals surface area contributed by atoms with Crippen molar-refractivity contribution in [2.75, 3.05) is 11.1 Å². The molecule has 3 aromatic rings. The second-order valence-electron chi connectivity index (χ2n) is 6.72. The number of nitrogens with two attached hydrogens (primary N) is 1. The highest BCUT2D eigenvalue weighted by Gasteiger charge is 2.25. The number of benzene rings is 1. The molecule has 3 N–H and O–H groups in total. The van der Waals surface area contributed by atoms with Gasteiger partial charge < -0.3 is 11.1 Å². The van der Waals surface area contributed by atoms with E-state index in [2.05, 4.69) is 15.6 Å². The molecule has 2 heterocycles. The Hall–Kier alpha value is -3.16. The lowest BCUT2D eigenvalue weighted by molar-refractivity contribution is -0.122.